The van der Waals surface area contributed by atoms with Gasteiger partial charge in [0.05, 0.1) is 17.3 Å². The number of fused-ring (bicyclic) bond motifs is 1. The summed E-state index contributed by atoms with van der Waals surface area (Å²) < 4.78 is 11.6. The zero-order valence-electron chi connectivity index (χ0n) is 18.1. The fourth-order valence-corrected chi connectivity index (χ4v) is 4.06. The van der Waals surface area contributed by atoms with Gasteiger partial charge >= 0.3 is 0 Å². The van der Waals surface area contributed by atoms with Gasteiger partial charge in [-0.05, 0) is 73.0 Å². The number of rotatable bonds is 5. The first kappa shape index (κ1) is 22.3. The van der Waals surface area contributed by atoms with Gasteiger partial charge in [-0.15, -0.1) is 0 Å². The van der Waals surface area contributed by atoms with E-state index in [1.807, 2.05) is 36.4 Å². The number of ether oxygens (including phenoxy) is 2. The highest BCUT2D eigenvalue weighted by Crippen LogP contribution is 2.37. The minimum Gasteiger partial charge on any atom is -0.493 e. The van der Waals surface area contributed by atoms with Crippen LogP contribution in [0.2, 0.25) is 10.0 Å². The maximum atomic E-state index is 12.7. The SMILES string of the molecule is O=C(Nc1cccc(-c2ccc(Cl)cc2)n1)c1ccc(Oc2cc3c(cc2Cl)CCCO3)cc1. The largest absolute Gasteiger partial charge is 0.493 e. The Bertz CT molecular complexity index is 1340. The number of carbonyl (C=O) groups excluding carboxylic acids is 1. The molecule has 1 N–H and O–H groups in total. The zero-order valence-corrected chi connectivity index (χ0v) is 19.6. The molecule has 0 fully saturated rings. The van der Waals surface area contributed by atoms with Crippen LogP contribution in [0.4, 0.5) is 5.82 Å². The van der Waals surface area contributed by atoms with Gasteiger partial charge in [0.2, 0.25) is 0 Å². The van der Waals surface area contributed by atoms with Gasteiger partial charge in [-0.1, -0.05) is 41.4 Å². The van der Waals surface area contributed by atoms with E-state index in [4.69, 9.17) is 32.7 Å². The third kappa shape index (κ3) is 5.01. The average Bonchev–Trinajstić information content (AvgIpc) is 2.85. The summed E-state index contributed by atoms with van der Waals surface area (Å²) in [6, 6.07) is 23.4. The van der Waals surface area contributed by atoms with Crippen LogP contribution < -0.4 is 14.8 Å². The maximum Gasteiger partial charge on any atom is 0.256 e. The van der Waals surface area contributed by atoms with Gasteiger partial charge in [-0.3, -0.25) is 4.79 Å². The molecule has 170 valence electrons. The Kier molecular flexibility index (Phi) is 6.39. The molecule has 1 aliphatic rings. The van der Waals surface area contributed by atoms with Gasteiger partial charge in [0.1, 0.15) is 23.1 Å². The lowest BCUT2D eigenvalue weighted by Crippen LogP contribution is -2.13. The highest BCUT2D eigenvalue weighted by Gasteiger charge is 2.15. The third-order valence-electron chi connectivity index (χ3n) is 5.44. The first-order valence-electron chi connectivity index (χ1n) is 10.8. The van der Waals surface area contributed by atoms with E-state index in [0.717, 1.165) is 35.4 Å². The van der Waals surface area contributed by atoms with Crippen molar-refractivity contribution < 1.29 is 14.3 Å². The number of aryl methyl sites for hydroxylation is 1. The van der Waals surface area contributed by atoms with Crippen LogP contribution in [0.1, 0.15) is 22.3 Å². The number of hydrogen-bond donors (Lipinski definition) is 1. The van der Waals surface area contributed by atoms with Gasteiger partial charge in [0.15, 0.2) is 0 Å². The smallest absolute Gasteiger partial charge is 0.256 e. The van der Waals surface area contributed by atoms with Gasteiger partial charge < -0.3 is 14.8 Å². The zero-order chi connectivity index (χ0) is 23.5. The fraction of sp³-hybridized carbons (Fsp3) is 0.111. The highest BCUT2D eigenvalue weighted by molar-refractivity contribution is 6.32. The number of pyridine rings is 1. The molecule has 1 amide bonds. The normalized spacial score (nSPS) is 12.4. The summed E-state index contributed by atoms with van der Waals surface area (Å²) in [4.78, 5) is 17.3. The van der Waals surface area contributed by atoms with Crippen molar-refractivity contribution in [2.24, 2.45) is 0 Å². The van der Waals surface area contributed by atoms with E-state index in [0.29, 0.717) is 39.5 Å². The lowest BCUT2D eigenvalue weighted by Gasteiger charge is -2.19. The number of carbonyl (C=O) groups is 1. The van der Waals surface area contributed by atoms with Crippen molar-refractivity contribution in [3.63, 3.8) is 0 Å². The number of nitrogens with one attached hydrogen (secondary N) is 1. The molecule has 1 aromatic heterocycles. The molecule has 3 aromatic carbocycles. The Balaban J connectivity index is 1.27. The predicted octanol–water partition coefficient (Wildman–Crippen LogP) is 7.43. The second kappa shape index (κ2) is 9.75. The lowest BCUT2D eigenvalue weighted by molar-refractivity contribution is 0.102. The minimum atomic E-state index is -0.271. The van der Waals surface area contributed by atoms with Crippen LogP contribution in [0.3, 0.4) is 0 Å². The standard InChI is InChI=1S/C27H20Cl2N2O3/c28-20-10-6-17(7-11-20)23-4-1-5-26(30-23)31-27(32)18-8-12-21(13-9-18)34-25-16-24-19(15-22(25)29)3-2-14-33-24/h1,4-13,15-16H,2-3,14H2,(H,30,31,32). The van der Waals surface area contributed by atoms with Crippen molar-refractivity contribution in [2.45, 2.75) is 12.8 Å². The van der Waals surface area contributed by atoms with Crippen LogP contribution in [0, 0.1) is 0 Å². The molecule has 1 aliphatic heterocycles. The molecule has 0 saturated heterocycles. The predicted molar refractivity (Wildman–Crippen MR) is 134 cm³/mol. The number of anilines is 1. The van der Waals surface area contributed by atoms with Crippen molar-refractivity contribution in [1.82, 2.24) is 4.98 Å². The van der Waals surface area contributed by atoms with E-state index >= 15 is 0 Å². The first-order valence-corrected chi connectivity index (χ1v) is 11.6. The van der Waals surface area contributed by atoms with E-state index in [1.165, 1.54) is 0 Å². The molecule has 5 nitrogen and oxygen atoms in total. The van der Waals surface area contributed by atoms with Gasteiger partial charge in [-0.2, -0.15) is 0 Å². The Morgan fingerprint density at radius 3 is 2.56 bits per heavy atom. The minimum absolute atomic E-state index is 0.271. The molecule has 0 spiro atoms. The molecular formula is C27H20Cl2N2O3. The molecule has 4 aromatic rings. The number of halogens is 2. The molecule has 0 saturated carbocycles. The van der Waals surface area contributed by atoms with E-state index in [2.05, 4.69) is 10.3 Å². The van der Waals surface area contributed by atoms with E-state index in [-0.39, 0.29) is 5.91 Å². The number of nitrogens with zero attached hydrogens (tertiary/aromatic N) is 1. The van der Waals surface area contributed by atoms with Crippen LogP contribution in [0.15, 0.2) is 78.9 Å². The quantitative estimate of drug-likeness (QED) is 0.316. The summed E-state index contributed by atoms with van der Waals surface area (Å²) in [6.45, 7) is 0.690. The van der Waals surface area contributed by atoms with Gasteiger partial charge in [0, 0.05) is 22.2 Å². The van der Waals surface area contributed by atoms with E-state index in [9.17, 15) is 4.79 Å². The first-order chi connectivity index (χ1) is 16.5. The van der Waals surface area contributed by atoms with Crippen LogP contribution in [0.25, 0.3) is 11.3 Å². The van der Waals surface area contributed by atoms with E-state index in [1.54, 1.807) is 42.5 Å². The molecule has 5 rings (SSSR count). The van der Waals surface area contributed by atoms with Crippen LogP contribution in [-0.2, 0) is 6.42 Å². The van der Waals surface area contributed by atoms with Crippen LogP contribution >= 0.6 is 23.2 Å². The van der Waals surface area contributed by atoms with Crippen molar-refractivity contribution >= 4 is 34.9 Å². The lowest BCUT2D eigenvalue weighted by atomic mass is 10.1. The van der Waals surface area contributed by atoms with Gasteiger partial charge in [0.25, 0.3) is 5.91 Å². The Hall–Kier alpha value is -3.54. The summed E-state index contributed by atoms with van der Waals surface area (Å²) in [6.07, 6.45) is 1.92. The van der Waals surface area contributed by atoms with Gasteiger partial charge in [-0.25, -0.2) is 4.98 Å². The Morgan fingerprint density at radius 1 is 0.971 bits per heavy atom. The number of amides is 1. The molecule has 0 aliphatic carbocycles. The summed E-state index contributed by atoms with van der Waals surface area (Å²) >= 11 is 12.4. The Morgan fingerprint density at radius 2 is 1.76 bits per heavy atom. The molecule has 2 heterocycles. The monoisotopic (exact) mass is 490 g/mol. The topological polar surface area (TPSA) is 60.5 Å². The molecule has 0 atom stereocenters. The molecule has 34 heavy (non-hydrogen) atoms. The van der Waals surface area contributed by atoms with Crippen LogP contribution in [0.5, 0.6) is 17.2 Å². The molecule has 0 unspecified atom stereocenters. The summed E-state index contributed by atoms with van der Waals surface area (Å²) in [7, 11) is 0. The second-order valence-electron chi connectivity index (χ2n) is 7.84. The van der Waals surface area contributed by atoms with Crippen molar-refractivity contribution in [3.05, 3.63) is 100 Å². The molecular weight excluding hydrogens is 471 g/mol. The molecule has 0 bridgehead atoms. The summed E-state index contributed by atoms with van der Waals surface area (Å²) in [5, 5.41) is 4.02. The van der Waals surface area contributed by atoms with Crippen molar-refractivity contribution in [1.29, 1.82) is 0 Å². The second-order valence-corrected chi connectivity index (χ2v) is 8.68. The van der Waals surface area contributed by atoms with Crippen molar-refractivity contribution in [3.8, 4) is 28.5 Å². The third-order valence-corrected chi connectivity index (χ3v) is 5.99. The fourth-order valence-electron chi connectivity index (χ4n) is 3.70. The summed E-state index contributed by atoms with van der Waals surface area (Å²) in [5.41, 5.74) is 3.22. The molecule has 7 heteroatoms. The van der Waals surface area contributed by atoms with Crippen LogP contribution in [-0.4, -0.2) is 17.5 Å². The van der Waals surface area contributed by atoms with E-state index < -0.39 is 0 Å². The number of aromatic nitrogens is 1. The molecule has 0 radical (unpaired) electrons. The summed E-state index contributed by atoms with van der Waals surface area (Å²) in [5.74, 6) is 2.07. The number of hydrogen-bond acceptors (Lipinski definition) is 4. The highest BCUT2D eigenvalue weighted by atomic mass is 35.5. The number of benzene rings is 3. The Labute approximate surface area is 207 Å². The maximum absolute atomic E-state index is 12.7. The van der Waals surface area contributed by atoms with Crippen molar-refractivity contribution in [2.75, 3.05) is 11.9 Å². The average molecular weight is 491 g/mol.